The monoisotopic (exact) mass is 312 g/mol. The van der Waals surface area contributed by atoms with E-state index in [0.29, 0.717) is 22.0 Å². The number of nitro groups is 1. The summed E-state index contributed by atoms with van der Waals surface area (Å²) in [6.07, 6.45) is 6.76. The summed E-state index contributed by atoms with van der Waals surface area (Å²) in [7, 11) is 1.63. The molecule has 0 saturated carbocycles. The van der Waals surface area contributed by atoms with Crippen LogP contribution in [-0.4, -0.2) is 20.6 Å². The van der Waals surface area contributed by atoms with Gasteiger partial charge in [-0.1, -0.05) is 30.9 Å². The highest BCUT2D eigenvalue weighted by molar-refractivity contribution is 6.07. The van der Waals surface area contributed by atoms with Gasteiger partial charge in [-0.15, -0.1) is 0 Å². The number of rotatable bonds is 5. The molecule has 0 aliphatic heterocycles. The van der Waals surface area contributed by atoms with Gasteiger partial charge in [0.2, 0.25) is 0 Å². The second kappa shape index (κ2) is 6.31. The number of aromatic nitrogens is 1. The van der Waals surface area contributed by atoms with E-state index in [1.165, 1.54) is 16.7 Å². The highest BCUT2D eigenvalue weighted by atomic mass is 16.6. The Balaban J connectivity index is 2.98. The lowest BCUT2D eigenvalue weighted by molar-refractivity contribution is -0.384. The Hall–Kier alpha value is -3.15. The Morgan fingerprint density at radius 2 is 2.13 bits per heavy atom. The second-order valence-corrected chi connectivity index (χ2v) is 4.90. The van der Waals surface area contributed by atoms with E-state index in [0.717, 1.165) is 0 Å². The van der Waals surface area contributed by atoms with Crippen molar-refractivity contribution in [3.8, 4) is 0 Å². The summed E-state index contributed by atoms with van der Waals surface area (Å²) in [5, 5.41) is 21.1. The SMILES string of the molecule is C=C/C=C(\C=C/C)c1c(C(=O)O)n(C)c2ccc([N+](=O)[O-])cc12. The van der Waals surface area contributed by atoms with Crippen molar-refractivity contribution < 1.29 is 14.8 Å². The Bertz CT molecular complexity index is 872. The highest BCUT2D eigenvalue weighted by Crippen LogP contribution is 2.34. The number of carboxylic acids is 1. The first kappa shape index (κ1) is 16.2. The molecular weight excluding hydrogens is 296 g/mol. The third-order valence-corrected chi connectivity index (χ3v) is 3.53. The van der Waals surface area contributed by atoms with E-state index < -0.39 is 10.9 Å². The molecule has 118 valence electrons. The minimum Gasteiger partial charge on any atom is -0.477 e. The predicted molar refractivity (Wildman–Crippen MR) is 89.5 cm³/mol. The fourth-order valence-electron chi connectivity index (χ4n) is 2.62. The summed E-state index contributed by atoms with van der Waals surface area (Å²) in [6.45, 7) is 5.45. The third-order valence-electron chi connectivity index (χ3n) is 3.53. The molecule has 0 saturated heterocycles. The number of nitro benzene ring substituents is 1. The van der Waals surface area contributed by atoms with Gasteiger partial charge in [-0.25, -0.2) is 4.79 Å². The van der Waals surface area contributed by atoms with Gasteiger partial charge in [-0.05, 0) is 18.6 Å². The van der Waals surface area contributed by atoms with Gasteiger partial charge in [-0.3, -0.25) is 10.1 Å². The molecule has 1 N–H and O–H groups in total. The molecule has 0 bridgehead atoms. The van der Waals surface area contributed by atoms with E-state index in [9.17, 15) is 20.0 Å². The van der Waals surface area contributed by atoms with Crippen molar-refractivity contribution in [2.45, 2.75) is 6.92 Å². The number of nitrogens with zero attached hydrogens (tertiary/aromatic N) is 2. The standard InChI is InChI=1S/C17H16N2O4/c1-4-6-11(7-5-2)15-13-10-12(19(22)23)8-9-14(13)18(3)16(15)17(20)21/h4-10H,1H2,2-3H3,(H,20,21)/b7-5-,11-6+. The lowest BCUT2D eigenvalue weighted by Gasteiger charge is -2.04. The van der Waals surface area contributed by atoms with Crippen molar-refractivity contribution in [2.24, 2.45) is 7.05 Å². The molecule has 1 aromatic carbocycles. The van der Waals surface area contributed by atoms with Crippen LogP contribution in [0.25, 0.3) is 16.5 Å². The zero-order valence-corrected chi connectivity index (χ0v) is 12.8. The van der Waals surface area contributed by atoms with Crippen molar-refractivity contribution in [1.82, 2.24) is 4.57 Å². The molecule has 23 heavy (non-hydrogen) atoms. The van der Waals surface area contributed by atoms with Crippen LogP contribution in [0.2, 0.25) is 0 Å². The quantitative estimate of drug-likeness (QED) is 0.515. The molecule has 2 rings (SSSR count). The van der Waals surface area contributed by atoms with Gasteiger partial charge < -0.3 is 9.67 Å². The van der Waals surface area contributed by atoms with E-state index in [-0.39, 0.29) is 11.4 Å². The number of benzene rings is 1. The first-order valence-electron chi connectivity index (χ1n) is 6.88. The molecule has 1 heterocycles. The molecule has 0 fully saturated rings. The molecule has 0 atom stereocenters. The zero-order valence-electron chi connectivity index (χ0n) is 12.8. The second-order valence-electron chi connectivity index (χ2n) is 4.90. The Morgan fingerprint density at radius 3 is 2.65 bits per heavy atom. The van der Waals surface area contributed by atoms with Crippen LogP contribution in [0.15, 0.2) is 49.1 Å². The van der Waals surface area contributed by atoms with Gasteiger partial charge in [0.1, 0.15) is 5.69 Å². The lowest BCUT2D eigenvalue weighted by Crippen LogP contribution is -2.06. The van der Waals surface area contributed by atoms with Crippen LogP contribution in [-0.2, 0) is 7.05 Å². The Morgan fingerprint density at radius 1 is 1.43 bits per heavy atom. The smallest absolute Gasteiger partial charge is 0.353 e. The summed E-state index contributed by atoms with van der Waals surface area (Å²) in [5.74, 6) is -1.10. The van der Waals surface area contributed by atoms with Gasteiger partial charge in [0.15, 0.2) is 0 Å². The molecular formula is C17H16N2O4. The van der Waals surface area contributed by atoms with E-state index in [2.05, 4.69) is 6.58 Å². The molecule has 6 heteroatoms. The average molecular weight is 312 g/mol. The van der Waals surface area contributed by atoms with Crippen molar-refractivity contribution in [3.63, 3.8) is 0 Å². The number of allylic oxidation sites excluding steroid dienone is 5. The molecule has 6 nitrogen and oxygen atoms in total. The first-order valence-corrected chi connectivity index (χ1v) is 6.88. The average Bonchev–Trinajstić information content (AvgIpc) is 2.79. The van der Waals surface area contributed by atoms with Crippen LogP contribution >= 0.6 is 0 Å². The van der Waals surface area contributed by atoms with Gasteiger partial charge in [0.05, 0.1) is 4.92 Å². The van der Waals surface area contributed by atoms with Crippen molar-refractivity contribution in [3.05, 3.63) is 70.5 Å². The molecule has 0 amide bonds. The lowest BCUT2D eigenvalue weighted by atomic mass is 10.0. The van der Waals surface area contributed by atoms with E-state index in [1.54, 1.807) is 37.4 Å². The predicted octanol–water partition coefficient (Wildman–Crippen LogP) is 3.93. The Labute approximate surface area is 132 Å². The fraction of sp³-hybridized carbons (Fsp3) is 0.118. The highest BCUT2D eigenvalue weighted by Gasteiger charge is 2.23. The summed E-state index contributed by atoms with van der Waals surface area (Å²) < 4.78 is 1.52. The van der Waals surface area contributed by atoms with Crippen LogP contribution in [0.1, 0.15) is 23.0 Å². The number of fused-ring (bicyclic) bond motifs is 1. The number of aromatic carboxylic acids is 1. The maximum atomic E-state index is 11.7. The van der Waals surface area contributed by atoms with Crippen LogP contribution < -0.4 is 0 Å². The van der Waals surface area contributed by atoms with Crippen LogP contribution in [0.3, 0.4) is 0 Å². The largest absolute Gasteiger partial charge is 0.477 e. The number of carbonyl (C=O) groups is 1. The molecule has 0 aliphatic rings. The number of carboxylic acid groups (broad SMARTS) is 1. The summed E-state index contributed by atoms with van der Waals surface area (Å²) in [4.78, 5) is 22.3. The van der Waals surface area contributed by atoms with Gasteiger partial charge in [0, 0.05) is 35.6 Å². The normalized spacial score (nSPS) is 12.0. The van der Waals surface area contributed by atoms with Crippen molar-refractivity contribution in [1.29, 1.82) is 0 Å². The number of aryl methyl sites for hydroxylation is 1. The van der Waals surface area contributed by atoms with Crippen LogP contribution in [0, 0.1) is 10.1 Å². The molecule has 1 aromatic heterocycles. The van der Waals surface area contributed by atoms with Gasteiger partial charge in [-0.2, -0.15) is 0 Å². The minimum atomic E-state index is -1.10. The van der Waals surface area contributed by atoms with E-state index in [4.69, 9.17) is 0 Å². The minimum absolute atomic E-state index is 0.0756. The molecule has 2 aromatic rings. The van der Waals surface area contributed by atoms with Crippen LogP contribution in [0.4, 0.5) is 5.69 Å². The third kappa shape index (κ3) is 2.78. The molecule has 0 aliphatic carbocycles. The zero-order chi connectivity index (χ0) is 17.1. The maximum Gasteiger partial charge on any atom is 0.353 e. The summed E-state index contributed by atoms with van der Waals surface area (Å²) in [5.41, 5.74) is 1.68. The maximum absolute atomic E-state index is 11.7. The van der Waals surface area contributed by atoms with Gasteiger partial charge >= 0.3 is 5.97 Å². The number of hydrogen-bond donors (Lipinski definition) is 1. The van der Waals surface area contributed by atoms with Crippen LogP contribution in [0.5, 0.6) is 0 Å². The number of non-ortho nitro benzene ring substituents is 1. The first-order chi connectivity index (χ1) is 10.9. The molecule has 0 unspecified atom stereocenters. The summed E-state index contributed by atoms with van der Waals surface area (Å²) >= 11 is 0. The van der Waals surface area contributed by atoms with E-state index in [1.807, 2.05) is 6.92 Å². The molecule has 0 spiro atoms. The Kier molecular flexibility index (Phi) is 4.45. The fourth-order valence-corrected chi connectivity index (χ4v) is 2.62. The topological polar surface area (TPSA) is 85.4 Å². The summed E-state index contributed by atoms with van der Waals surface area (Å²) in [6, 6.07) is 4.33. The molecule has 0 radical (unpaired) electrons. The van der Waals surface area contributed by atoms with E-state index >= 15 is 0 Å². The van der Waals surface area contributed by atoms with Crippen molar-refractivity contribution in [2.75, 3.05) is 0 Å². The van der Waals surface area contributed by atoms with Crippen molar-refractivity contribution >= 4 is 28.1 Å². The number of hydrogen-bond acceptors (Lipinski definition) is 3. The van der Waals surface area contributed by atoms with Gasteiger partial charge in [0.25, 0.3) is 5.69 Å².